The third-order valence-electron chi connectivity index (χ3n) is 2.65. The van der Waals surface area contributed by atoms with E-state index in [-0.39, 0.29) is 5.91 Å². The highest BCUT2D eigenvalue weighted by Crippen LogP contribution is 2.09. The molecule has 0 aromatic carbocycles. The van der Waals surface area contributed by atoms with Crippen molar-refractivity contribution in [2.75, 3.05) is 32.7 Å². The Morgan fingerprint density at radius 3 is 2.38 bits per heavy atom. The molecule has 4 nitrogen and oxygen atoms in total. The van der Waals surface area contributed by atoms with Crippen LogP contribution in [0.1, 0.15) is 20.3 Å². The smallest absolute Gasteiger partial charge is 0.226 e. The molecule has 1 rings (SSSR count). The molecule has 0 radical (unpaired) electrons. The molecule has 0 unspecified atom stereocenters. The predicted molar refractivity (Wildman–Crippen MR) is 64.1 cm³/mol. The number of carbonyl (C=O) groups excluding carboxylic acids is 1. The van der Waals surface area contributed by atoms with Crippen molar-refractivity contribution in [1.82, 2.24) is 9.80 Å². The molecule has 1 saturated heterocycles. The molecule has 4 heteroatoms. The van der Waals surface area contributed by atoms with E-state index in [1.807, 2.05) is 18.7 Å². The first-order valence-corrected chi connectivity index (χ1v) is 5.76. The summed E-state index contributed by atoms with van der Waals surface area (Å²) in [6.07, 6.45) is 2.07. The van der Waals surface area contributed by atoms with Gasteiger partial charge in [0.25, 0.3) is 0 Å². The summed E-state index contributed by atoms with van der Waals surface area (Å²) in [4.78, 5) is 15.6. The van der Waals surface area contributed by atoms with Crippen LogP contribution in [-0.2, 0) is 4.79 Å². The minimum Gasteiger partial charge on any atom is -0.389 e. The minimum absolute atomic E-state index is 0.151. The fourth-order valence-electron chi connectivity index (χ4n) is 1.96. The van der Waals surface area contributed by atoms with Gasteiger partial charge in [0.05, 0.1) is 5.60 Å². The second-order valence-electron chi connectivity index (χ2n) is 4.96. The molecule has 16 heavy (non-hydrogen) atoms. The van der Waals surface area contributed by atoms with Gasteiger partial charge in [-0.05, 0) is 13.8 Å². The first kappa shape index (κ1) is 13.2. The Bertz CT molecular complexity index is 250. The summed E-state index contributed by atoms with van der Waals surface area (Å²) in [6, 6.07) is 0. The molecule has 0 aromatic heterocycles. The number of hydrogen-bond donors (Lipinski definition) is 1. The van der Waals surface area contributed by atoms with Gasteiger partial charge < -0.3 is 10.0 Å². The maximum Gasteiger partial charge on any atom is 0.226 e. The highest BCUT2D eigenvalue weighted by atomic mass is 16.3. The van der Waals surface area contributed by atoms with Crippen LogP contribution in [0.25, 0.3) is 0 Å². The lowest BCUT2D eigenvalue weighted by atomic mass is 10.1. The summed E-state index contributed by atoms with van der Waals surface area (Å²) in [5.41, 5.74) is -0.659. The first-order valence-electron chi connectivity index (χ1n) is 5.76. The van der Waals surface area contributed by atoms with Gasteiger partial charge in [-0.2, -0.15) is 0 Å². The maximum absolute atomic E-state index is 11.6. The molecule has 1 heterocycles. The van der Waals surface area contributed by atoms with E-state index in [1.54, 1.807) is 6.08 Å². The predicted octanol–water partition coefficient (Wildman–Crippen LogP) is 0.478. The quantitative estimate of drug-likeness (QED) is 0.709. The third-order valence-corrected chi connectivity index (χ3v) is 2.65. The van der Waals surface area contributed by atoms with E-state index in [4.69, 9.17) is 0 Å². The molecule has 0 aliphatic carbocycles. The molecular formula is C12H22N2O2. The molecule has 0 aromatic rings. The van der Waals surface area contributed by atoms with Crippen LogP contribution in [-0.4, -0.2) is 59.1 Å². The highest BCUT2D eigenvalue weighted by molar-refractivity contribution is 5.77. The van der Waals surface area contributed by atoms with E-state index >= 15 is 0 Å². The molecule has 92 valence electrons. The van der Waals surface area contributed by atoms with Crippen LogP contribution in [0.3, 0.4) is 0 Å². The normalized spacial score (nSPS) is 18.6. The minimum atomic E-state index is -0.659. The van der Waals surface area contributed by atoms with Gasteiger partial charge in [0.1, 0.15) is 0 Å². The molecule has 0 atom stereocenters. The van der Waals surface area contributed by atoms with E-state index < -0.39 is 5.60 Å². The Labute approximate surface area is 97.5 Å². The lowest BCUT2D eigenvalue weighted by molar-refractivity contribution is -0.132. The largest absolute Gasteiger partial charge is 0.389 e. The van der Waals surface area contributed by atoms with Crippen LogP contribution >= 0.6 is 0 Å². The SMILES string of the molecule is C=CCC(=O)N1CCN(CC(C)(C)O)CC1. The van der Waals surface area contributed by atoms with Crippen LogP contribution in [0.4, 0.5) is 0 Å². The summed E-state index contributed by atoms with van der Waals surface area (Å²) in [7, 11) is 0. The number of rotatable bonds is 4. The van der Waals surface area contributed by atoms with E-state index in [0.29, 0.717) is 13.0 Å². The fourth-order valence-corrected chi connectivity index (χ4v) is 1.96. The van der Waals surface area contributed by atoms with Crippen molar-refractivity contribution in [3.8, 4) is 0 Å². The summed E-state index contributed by atoms with van der Waals surface area (Å²) in [6.45, 7) is 11.0. The van der Waals surface area contributed by atoms with Crippen LogP contribution in [0.2, 0.25) is 0 Å². The Kier molecular flexibility index (Phi) is 4.50. The van der Waals surface area contributed by atoms with Gasteiger partial charge in [0.2, 0.25) is 5.91 Å². The van der Waals surface area contributed by atoms with Gasteiger partial charge >= 0.3 is 0 Å². The van der Waals surface area contributed by atoms with E-state index in [1.165, 1.54) is 0 Å². The Balaban J connectivity index is 2.34. The Morgan fingerprint density at radius 1 is 1.38 bits per heavy atom. The van der Waals surface area contributed by atoms with Crippen molar-refractivity contribution >= 4 is 5.91 Å². The molecule has 0 spiro atoms. The molecule has 1 aliphatic rings. The van der Waals surface area contributed by atoms with Crippen molar-refractivity contribution in [3.05, 3.63) is 12.7 Å². The fraction of sp³-hybridized carbons (Fsp3) is 0.750. The second-order valence-corrected chi connectivity index (χ2v) is 4.96. The monoisotopic (exact) mass is 226 g/mol. The number of carbonyl (C=O) groups is 1. The number of β-amino-alcohol motifs (C(OH)–C–C–N with tert-alkyl or cyclic N) is 1. The van der Waals surface area contributed by atoms with Crippen molar-refractivity contribution in [3.63, 3.8) is 0 Å². The molecule has 0 bridgehead atoms. The number of piperazine rings is 1. The molecule has 1 amide bonds. The number of amides is 1. The molecule has 1 N–H and O–H groups in total. The standard InChI is InChI=1S/C12H22N2O2/c1-4-5-11(15)14-8-6-13(7-9-14)10-12(2,3)16/h4,16H,1,5-10H2,2-3H3. The molecule has 1 aliphatic heterocycles. The van der Waals surface area contributed by atoms with Gasteiger partial charge in [0, 0.05) is 39.1 Å². The van der Waals surface area contributed by atoms with Crippen LogP contribution in [0.15, 0.2) is 12.7 Å². The third kappa shape index (κ3) is 4.33. The van der Waals surface area contributed by atoms with Gasteiger partial charge in [-0.15, -0.1) is 6.58 Å². The molecule has 0 saturated carbocycles. The Hall–Kier alpha value is -0.870. The maximum atomic E-state index is 11.6. The van der Waals surface area contributed by atoms with Crippen LogP contribution in [0.5, 0.6) is 0 Å². The lowest BCUT2D eigenvalue weighted by Crippen LogP contribution is -2.51. The summed E-state index contributed by atoms with van der Waals surface area (Å²) in [5.74, 6) is 0.151. The molecule has 1 fully saturated rings. The Morgan fingerprint density at radius 2 is 1.94 bits per heavy atom. The first-order chi connectivity index (χ1) is 7.42. The zero-order chi connectivity index (χ0) is 12.2. The summed E-state index contributed by atoms with van der Waals surface area (Å²) >= 11 is 0. The van der Waals surface area contributed by atoms with Crippen molar-refractivity contribution in [2.24, 2.45) is 0 Å². The van der Waals surface area contributed by atoms with E-state index in [0.717, 1.165) is 26.2 Å². The van der Waals surface area contributed by atoms with Crippen molar-refractivity contribution in [2.45, 2.75) is 25.9 Å². The van der Waals surface area contributed by atoms with Gasteiger partial charge in [-0.3, -0.25) is 9.69 Å². The van der Waals surface area contributed by atoms with E-state index in [9.17, 15) is 9.90 Å². The second kappa shape index (κ2) is 5.46. The van der Waals surface area contributed by atoms with Gasteiger partial charge in [-0.25, -0.2) is 0 Å². The topological polar surface area (TPSA) is 43.8 Å². The number of hydrogen-bond acceptors (Lipinski definition) is 3. The average Bonchev–Trinajstić information content (AvgIpc) is 2.16. The van der Waals surface area contributed by atoms with Crippen LogP contribution < -0.4 is 0 Å². The van der Waals surface area contributed by atoms with Crippen LogP contribution in [0, 0.1) is 0 Å². The summed E-state index contributed by atoms with van der Waals surface area (Å²) in [5, 5.41) is 9.69. The highest BCUT2D eigenvalue weighted by Gasteiger charge is 2.24. The van der Waals surface area contributed by atoms with Gasteiger partial charge in [-0.1, -0.05) is 6.08 Å². The number of aliphatic hydroxyl groups is 1. The average molecular weight is 226 g/mol. The zero-order valence-electron chi connectivity index (χ0n) is 10.3. The van der Waals surface area contributed by atoms with Crippen molar-refractivity contribution in [1.29, 1.82) is 0 Å². The van der Waals surface area contributed by atoms with E-state index in [2.05, 4.69) is 11.5 Å². The lowest BCUT2D eigenvalue weighted by Gasteiger charge is -2.37. The molecular weight excluding hydrogens is 204 g/mol. The number of nitrogens with zero attached hydrogens (tertiary/aromatic N) is 2. The summed E-state index contributed by atoms with van der Waals surface area (Å²) < 4.78 is 0. The van der Waals surface area contributed by atoms with Crippen molar-refractivity contribution < 1.29 is 9.90 Å². The van der Waals surface area contributed by atoms with Gasteiger partial charge in [0.15, 0.2) is 0 Å². The zero-order valence-corrected chi connectivity index (χ0v) is 10.3.